The van der Waals surface area contributed by atoms with E-state index in [1.54, 1.807) is 23.5 Å². The summed E-state index contributed by atoms with van der Waals surface area (Å²) in [6.07, 6.45) is 0.960. The molecule has 0 bridgehead atoms. The molecule has 0 saturated heterocycles. The van der Waals surface area contributed by atoms with Crippen LogP contribution in [0.4, 0.5) is 4.39 Å². The van der Waals surface area contributed by atoms with E-state index in [0.717, 1.165) is 25.1 Å². The lowest BCUT2D eigenvalue weighted by Gasteiger charge is -2.21. The lowest BCUT2D eigenvalue weighted by Crippen LogP contribution is -2.25. The van der Waals surface area contributed by atoms with Gasteiger partial charge in [0.1, 0.15) is 5.82 Å². The fourth-order valence-corrected chi connectivity index (χ4v) is 3.08. The van der Waals surface area contributed by atoms with Gasteiger partial charge in [-0.05, 0) is 49.7 Å². The molecule has 0 saturated carbocycles. The molecular formula is C16H21FN2S. The van der Waals surface area contributed by atoms with E-state index < -0.39 is 0 Å². The Morgan fingerprint density at radius 1 is 1.30 bits per heavy atom. The first-order chi connectivity index (χ1) is 9.69. The first-order valence-electron chi connectivity index (χ1n) is 6.82. The molecule has 0 spiro atoms. The van der Waals surface area contributed by atoms with Crippen molar-refractivity contribution in [2.24, 2.45) is 0 Å². The molecule has 20 heavy (non-hydrogen) atoms. The minimum atomic E-state index is -0.172. The average molecular weight is 292 g/mol. The van der Waals surface area contributed by atoms with E-state index in [1.165, 1.54) is 10.9 Å². The Hall–Kier alpha value is -1.23. The Balaban J connectivity index is 1.87. The van der Waals surface area contributed by atoms with Gasteiger partial charge in [-0.1, -0.05) is 18.2 Å². The molecule has 2 rings (SSSR count). The molecule has 108 valence electrons. The first-order valence-corrected chi connectivity index (χ1v) is 7.70. The van der Waals surface area contributed by atoms with E-state index in [1.807, 2.05) is 13.1 Å². The van der Waals surface area contributed by atoms with Crippen LogP contribution in [0.25, 0.3) is 0 Å². The van der Waals surface area contributed by atoms with Gasteiger partial charge in [-0.15, -0.1) is 11.3 Å². The molecule has 1 unspecified atom stereocenters. The van der Waals surface area contributed by atoms with Gasteiger partial charge in [0.25, 0.3) is 0 Å². The highest BCUT2D eigenvalue weighted by Crippen LogP contribution is 2.18. The molecule has 0 aliphatic rings. The summed E-state index contributed by atoms with van der Waals surface area (Å²) in [5, 5.41) is 5.37. The standard InChI is InChI=1S/C16H21FN2S/c1-18-16(13-5-3-6-14(17)11-13)8-9-19(2)12-15-7-4-10-20-15/h3-7,10-11,16,18H,8-9,12H2,1-2H3. The first kappa shape index (κ1) is 15.2. The molecule has 1 aromatic heterocycles. The minimum absolute atomic E-state index is 0.172. The quantitative estimate of drug-likeness (QED) is 0.837. The van der Waals surface area contributed by atoms with Gasteiger partial charge in [-0.25, -0.2) is 4.39 Å². The van der Waals surface area contributed by atoms with Crippen molar-refractivity contribution in [3.63, 3.8) is 0 Å². The Morgan fingerprint density at radius 2 is 2.15 bits per heavy atom. The van der Waals surface area contributed by atoms with Crippen LogP contribution in [0.3, 0.4) is 0 Å². The molecule has 0 fully saturated rings. The van der Waals surface area contributed by atoms with Gasteiger partial charge < -0.3 is 10.2 Å². The summed E-state index contributed by atoms with van der Waals surface area (Å²) in [6, 6.07) is 11.3. The van der Waals surface area contributed by atoms with E-state index >= 15 is 0 Å². The molecule has 2 nitrogen and oxygen atoms in total. The lowest BCUT2D eigenvalue weighted by molar-refractivity contribution is 0.306. The van der Waals surface area contributed by atoms with Gasteiger partial charge >= 0.3 is 0 Å². The van der Waals surface area contributed by atoms with Crippen LogP contribution in [-0.2, 0) is 6.54 Å². The SMILES string of the molecule is CNC(CCN(C)Cc1cccs1)c1cccc(F)c1. The van der Waals surface area contributed by atoms with Crippen molar-refractivity contribution in [3.05, 3.63) is 58.0 Å². The number of rotatable bonds is 7. The molecule has 0 aliphatic heterocycles. The zero-order chi connectivity index (χ0) is 14.4. The largest absolute Gasteiger partial charge is 0.313 e. The second-order valence-electron chi connectivity index (χ2n) is 5.00. The van der Waals surface area contributed by atoms with Crippen molar-refractivity contribution in [1.29, 1.82) is 0 Å². The second-order valence-corrected chi connectivity index (χ2v) is 6.03. The molecule has 0 amide bonds. The molecule has 1 aromatic carbocycles. The minimum Gasteiger partial charge on any atom is -0.313 e. The zero-order valence-electron chi connectivity index (χ0n) is 12.0. The number of nitrogens with one attached hydrogen (secondary N) is 1. The number of halogens is 1. The number of hydrogen-bond donors (Lipinski definition) is 1. The highest BCUT2D eigenvalue weighted by Gasteiger charge is 2.11. The Morgan fingerprint density at radius 3 is 2.80 bits per heavy atom. The van der Waals surface area contributed by atoms with Crippen molar-refractivity contribution in [2.75, 3.05) is 20.6 Å². The molecule has 1 heterocycles. The maximum atomic E-state index is 13.3. The van der Waals surface area contributed by atoms with Crippen LogP contribution >= 0.6 is 11.3 Å². The van der Waals surface area contributed by atoms with Crippen LogP contribution in [-0.4, -0.2) is 25.5 Å². The van der Waals surface area contributed by atoms with Crippen molar-refractivity contribution < 1.29 is 4.39 Å². The summed E-state index contributed by atoms with van der Waals surface area (Å²) in [5.74, 6) is -0.172. The molecule has 0 radical (unpaired) electrons. The summed E-state index contributed by atoms with van der Waals surface area (Å²) in [7, 11) is 4.05. The van der Waals surface area contributed by atoms with Crippen molar-refractivity contribution in [2.45, 2.75) is 19.0 Å². The molecule has 4 heteroatoms. The van der Waals surface area contributed by atoms with Crippen LogP contribution in [0.5, 0.6) is 0 Å². The van der Waals surface area contributed by atoms with Crippen LogP contribution in [0.2, 0.25) is 0 Å². The van der Waals surface area contributed by atoms with E-state index in [-0.39, 0.29) is 11.9 Å². The number of hydrogen-bond acceptors (Lipinski definition) is 3. The molecular weight excluding hydrogens is 271 g/mol. The van der Waals surface area contributed by atoms with Gasteiger partial charge in [0.05, 0.1) is 0 Å². The number of thiophene rings is 1. The van der Waals surface area contributed by atoms with Crippen LogP contribution in [0.15, 0.2) is 41.8 Å². The monoisotopic (exact) mass is 292 g/mol. The maximum absolute atomic E-state index is 13.3. The van der Waals surface area contributed by atoms with Crippen molar-refractivity contribution in [1.82, 2.24) is 10.2 Å². The second kappa shape index (κ2) is 7.53. The summed E-state index contributed by atoms with van der Waals surface area (Å²) in [4.78, 5) is 3.68. The fourth-order valence-electron chi connectivity index (χ4n) is 2.30. The third-order valence-electron chi connectivity index (χ3n) is 3.40. The summed E-state index contributed by atoms with van der Waals surface area (Å²) in [6.45, 7) is 1.94. The van der Waals surface area contributed by atoms with Gasteiger partial charge in [0.15, 0.2) is 0 Å². The number of benzene rings is 1. The Bertz CT molecular complexity index is 513. The maximum Gasteiger partial charge on any atom is 0.123 e. The van der Waals surface area contributed by atoms with Crippen LogP contribution in [0, 0.1) is 5.82 Å². The fraction of sp³-hybridized carbons (Fsp3) is 0.375. The number of nitrogens with zero attached hydrogens (tertiary/aromatic N) is 1. The highest BCUT2D eigenvalue weighted by atomic mass is 32.1. The lowest BCUT2D eigenvalue weighted by atomic mass is 10.0. The van der Waals surface area contributed by atoms with E-state index in [4.69, 9.17) is 0 Å². The Labute approximate surface area is 124 Å². The molecule has 2 aromatic rings. The smallest absolute Gasteiger partial charge is 0.123 e. The van der Waals surface area contributed by atoms with Gasteiger partial charge in [0.2, 0.25) is 0 Å². The average Bonchev–Trinajstić information content (AvgIpc) is 2.92. The summed E-state index contributed by atoms with van der Waals surface area (Å²) in [5.41, 5.74) is 1.01. The Kier molecular flexibility index (Phi) is 5.71. The van der Waals surface area contributed by atoms with Crippen LogP contribution < -0.4 is 5.32 Å². The molecule has 1 atom stereocenters. The normalized spacial score (nSPS) is 12.8. The molecule has 0 aliphatic carbocycles. The van der Waals surface area contributed by atoms with E-state index in [9.17, 15) is 4.39 Å². The predicted octanol–water partition coefficient (Wildman–Crippen LogP) is 3.67. The van der Waals surface area contributed by atoms with Gasteiger partial charge in [0, 0.05) is 24.0 Å². The molecule has 1 N–H and O–H groups in total. The predicted molar refractivity (Wildman–Crippen MR) is 83.5 cm³/mol. The summed E-state index contributed by atoms with van der Waals surface area (Å²) >= 11 is 1.78. The third-order valence-corrected chi connectivity index (χ3v) is 4.27. The van der Waals surface area contributed by atoms with E-state index in [2.05, 4.69) is 34.8 Å². The summed E-state index contributed by atoms with van der Waals surface area (Å²) < 4.78 is 13.3. The van der Waals surface area contributed by atoms with Crippen molar-refractivity contribution >= 4 is 11.3 Å². The van der Waals surface area contributed by atoms with Crippen molar-refractivity contribution in [3.8, 4) is 0 Å². The third kappa shape index (κ3) is 4.40. The highest BCUT2D eigenvalue weighted by molar-refractivity contribution is 7.09. The van der Waals surface area contributed by atoms with Gasteiger partial charge in [-0.3, -0.25) is 0 Å². The van der Waals surface area contributed by atoms with Crippen LogP contribution in [0.1, 0.15) is 22.9 Å². The van der Waals surface area contributed by atoms with E-state index in [0.29, 0.717) is 0 Å². The zero-order valence-corrected chi connectivity index (χ0v) is 12.8. The topological polar surface area (TPSA) is 15.3 Å². The van der Waals surface area contributed by atoms with Gasteiger partial charge in [-0.2, -0.15) is 0 Å².